The van der Waals surface area contributed by atoms with E-state index in [0.29, 0.717) is 0 Å². The number of nitrogens with one attached hydrogen (secondary N) is 1. The molecule has 0 heterocycles. The first kappa shape index (κ1) is 6.37. The predicted molar refractivity (Wildman–Crippen MR) is 39.2 cm³/mol. The van der Waals surface area contributed by atoms with Crippen LogP contribution in [-0.2, 0) is 0 Å². The highest BCUT2D eigenvalue weighted by Gasteiger charge is 1.87. The van der Waals surface area contributed by atoms with E-state index in [1.54, 1.807) is 0 Å². The first-order valence-corrected chi connectivity index (χ1v) is 3.16. The molecule has 0 aliphatic carbocycles. The third-order valence-electron chi connectivity index (χ3n) is 0.967. The Morgan fingerprint density at radius 2 is 1.89 bits per heavy atom. The minimum Gasteiger partial charge on any atom is -0.102 e. The van der Waals surface area contributed by atoms with Crippen molar-refractivity contribution < 1.29 is 5.11 Å². The molecule has 1 atom stereocenters. The van der Waals surface area contributed by atoms with E-state index in [0.717, 1.165) is 5.69 Å². The van der Waals surface area contributed by atoms with Crippen LogP contribution in [0.15, 0.2) is 35.2 Å². The van der Waals surface area contributed by atoms with Crippen LogP contribution in [-0.4, -0.2) is 0 Å². The van der Waals surface area contributed by atoms with E-state index in [9.17, 15) is 0 Å². The van der Waals surface area contributed by atoms with E-state index in [1.165, 1.54) is 0 Å². The van der Waals surface area contributed by atoms with Crippen LogP contribution in [0.2, 0.25) is 0 Å². The first-order chi connectivity index (χ1) is 4.43. The van der Waals surface area contributed by atoms with Gasteiger partial charge in [-0.2, -0.15) is 0 Å². The van der Waals surface area contributed by atoms with Crippen molar-refractivity contribution in [3.8, 4) is 0 Å². The number of para-hydroxylation sites is 1. The molecule has 1 unspecified atom stereocenters. The topological polar surface area (TPSA) is 26.3 Å². The second kappa shape index (κ2) is 3.31. The van der Waals surface area contributed by atoms with Crippen LogP contribution < -0.4 is 5.11 Å². The summed E-state index contributed by atoms with van der Waals surface area (Å²) in [5, 5.41) is 2.80. The maximum absolute atomic E-state index is 3.67. The van der Waals surface area contributed by atoms with E-state index >= 15 is 0 Å². The largest absolute Gasteiger partial charge is 0.229 e. The van der Waals surface area contributed by atoms with E-state index in [1.807, 2.05) is 30.3 Å². The molecule has 0 aliphatic heterocycles. The lowest BCUT2D eigenvalue weighted by atomic mass is 10.3. The number of nitrogens with zero attached hydrogens (tertiary/aromatic N) is 1. The molecule has 1 N–H and O–H groups in total. The molecule has 0 amide bonds. The van der Waals surface area contributed by atoms with Crippen LogP contribution >= 0.6 is 9.39 Å². The molecular formula is C6H8N2P+. The average Bonchev–Trinajstić information content (AvgIpc) is 1.91. The van der Waals surface area contributed by atoms with Crippen LogP contribution in [0.3, 0.4) is 0 Å². The van der Waals surface area contributed by atoms with Gasteiger partial charge in [-0.15, -0.1) is 5.11 Å². The van der Waals surface area contributed by atoms with Crippen LogP contribution in [0.25, 0.3) is 0 Å². The van der Waals surface area contributed by atoms with Gasteiger partial charge < -0.3 is 0 Å². The van der Waals surface area contributed by atoms with Crippen molar-refractivity contribution in [1.82, 2.24) is 0 Å². The molecule has 0 aliphatic rings. The summed E-state index contributed by atoms with van der Waals surface area (Å²) in [4.78, 5) is 3.67. The fraction of sp³-hybridized carbons (Fsp3) is 0. The van der Waals surface area contributed by atoms with Gasteiger partial charge in [0.1, 0.15) is 0 Å². The van der Waals surface area contributed by atoms with Gasteiger partial charge in [0.15, 0.2) is 0 Å². The molecular weight excluding hydrogens is 131 g/mol. The second-order valence-electron chi connectivity index (χ2n) is 1.61. The predicted octanol–water partition coefficient (Wildman–Crippen LogP) is 0.641. The lowest BCUT2D eigenvalue weighted by Crippen LogP contribution is -2.56. The highest BCUT2D eigenvalue weighted by molar-refractivity contribution is 7.14. The Kier molecular flexibility index (Phi) is 2.34. The monoisotopic (exact) mass is 139 g/mol. The van der Waals surface area contributed by atoms with Gasteiger partial charge >= 0.3 is 0 Å². The average molecular weight is 139 g/mol. The number of benzene rings is 1. The van der Waals surface area contributed by atoms with Crippen molar-refractivity contribution in [2.75, 3.05) is 0 Å². The molecule has 46 valence electrons. The van der Waals surface area contributed by atoms with Crippen molar-refractivity contribution in [3.63, 3.8) is 0 Å². The van der Waals surface area contributed by atoms with Crippen molar-refractivity contribution in [3.05, 3.63) is 30.3 Å². The Morgan fingerprint density at radius 1 is 1.22 bits per heavy atom. The Morgan fingerprint density at radius 3 is 2.44 bits per heavy atom. The summed E-state index contributed by atoms with van der Waals surface area (Å²) in [6, 6.07) is 9.78. The van der Waals surface area contributed by atoms with E-state index < -0.39 is 0 Å². The van der Waals surface area contributed by atoms with Gasteiger partial charge in [-0.05, 0) is 4.88 Å². The summed E-state index contributed by atoms with van der Waals surface area (Å²) in [5.74, 6) is 0. The number of hydrogen-bond acceptors (Lipinski definition) is 1. The lowest BCUT2D eigenvalue weighted by Gasteiger charge is -1.78. The molecule has 0 spiro atoms. The molecule has 3 heteroatoms. The smallest absolute Gasteiger partial charge is 0.102 e. The summed E-state index contributed by atoms with van der Waals surface area (Å²) in [6.07, 6.45) is 0. The van der Waals surface area contributed by atoms with Crippen molar-refractivity contribution in [1.29, 1.82) is 0 Å². The minimum absolute atomic E-state index is 1.01. The highest BCUT2D eigenvalue weighted by atomic mass is 31.0. The van der Waals surface area contributed by atoms with E-state index in [2.05, 4.69) is 19.4 Å². The Bertz CT molecular complexity index is 195. The van der Waals surface area contributed by atoms with Crippen LogP contribution in [0.5, 0.6) is 0 Å². The zero-order chi connectivity index (χ0) is 6.53. The molecule has 0 saturated carbocycles. The van der Waals surface area contributed by atoms with Gasteiger partial charge in [-0.1, -0.05) is 18.2 Å². The fourth-order valence-corrected chi connectivity index (χ4v) is 0.736. The molecule has 0 aromatic heterocycles. The normalized spacial score (nSPS) is 10.3. The molecule has 2 nitrogen and oxygen atoms in total. The highest BCUT2D eigenvalue weighted by Crippen LogP contribution is 1.94. The second-order valence-corrected chi connectivity index (χ2v) is 1.87. The minimum atomic E-state index is 1.01. The van der Waals surface area contributed by atoms with Gasteiger partial charge in [-0.3, -0.25) is 0 Å². The summed E-state index contributed by atoms with van der Waals surface area (Å²) in [5.41, 5.74) is 1.01. The van der Waals surface area contributed by atoms with Crippen LogP contribution in [0, 0.1) is 0 Å². The van der Waals surface area contributed by atoms with E-state index in [-0.39, 0.29) is 0 Å². The lowest BCUT2D eigenvalue weighted by molar-refractivity contribution is -0.426. The van der Waals surface area contributed by atoms with Crippen molar-refractivity contribution >= 4 is 15.1 Å². The van der Waals surface area contributed by atoms with Gasteiger partial charge in [0.25, 0.3) is 0 Å². The van der Waals surface area contributed by atoms with Gasteiger partial charge in [0.2, 0.25) is 5.69 Å². The third kappa shape index (κ3) is 1.90. The zero-order valence-electron chi connectivity index (χ0n) is 4.91. The standard InChI is InChI=1S/C6H7N2P/c9-8-7-6-4-2-1-3-5-6/h1-5H,9H2/p+1. The number of rotatable bonds is 1. The van der Waals surface area contributed by atoms with Gasteiger partial charge in [0, 0.05) is 12.1 Å². The molecule has 0 bridgehead atoms. The quantitative estimate of drug-likeness (QED) is 0.436. The van der Waals surface area contributed by atoms with Crippen LogP contribution in [0.4, 0.5) is 5.69 Å². The number of hydrogen-bond donors (Lipinski definition) is 1. The Balaban J connectivity index is 2.85. The molecule has 1 rings (SSSR count). The van der Waals surface area contributed by atoms with Crippen molar-refractivity contribution in [2.45, 2.75) is 0 Å². The molecule has 0 saturated heterocycles. The maximum atomic E-state index is 3.67. The molecule has 0 radical (unpaired) electrons. The van der Waals surface area contributed by atoms with Gasteiger partial charge in [0.05, 0.1) is 9.39 Å². The molecule has 1 aromatic rings. The summed E-state index contributed by atoms with van der Waals surface area (Å²) >= 11 is 0. The van der Waals surface area contributed by atoms with E-state index in [4.69, 9.17) is 0 Å². The Hall–Kier alpha value is -0.750. The maximum Gasteiger partial charge on any atom is 0.229 e. The molecule has 1 aromatic carbocycles. The summed E-state index contributed by atoms with van der Waals surface area (Å²) in [6.45, 7) is 0. The Labute approximate surface area is 56.3 Å². The van der Waals surface area contributed by atoms with Crippen LogP contribution in [0.1, 0.15) is 0 Å². The van der Waals surface area contributed by atoms with Gasteiger partial charge in [-0.25, -0.2) is 0 Å². The molecule has 0 fully saturated rings. The third-order valence-corrected chi connectivity index (χ3v) is 1.10. The summed E-state index contributed by atoms with van der Waals surface area (Å²) < 4.78 is 0. The first-order valence-electron chi connectivity index (χ1n) is 2.64. The fourth-order valence-electron chi connectivity index (χ4n) is 0.587. The van der Waals surface area contributed by atoms with Crippen molar-refractivity contribution in [2.24, 2.45) is 4.88 Å². The SMILES string of the molecule is PN=[NH+]c1ccccc1. The summed E-state index contributed by atoms with van der Waals surface area (Å²) in [7, 11) is 2.24. The molecule has 9 heavy (non-hydrogen) atoms. The zero-order valence-corrected chi connectivity index (χ0v) is 6.07.